The van der Waals surface area contributed by atoms with Gasteiger partial charge in [0.25, 0.3) is 11.8 Å². The average molecular weight is 316 g/mol. The molecule has 23 heavy (non-hydrogen) atoms. The standard InChI is InChI=1S/C17H20N2O4/c20-15(18-13-7-8-13)10-1-3-11(4-2-10)16(21)19-14-6-5-12(9-14)17(22)23/h1-4,12-14H,5-9H2,(H,18,20)(H,19,21)(H,22,23)/t12-,14+/m0/s1. The van der Waals surface area contributed by atoms with Gasteiger partial charge in [-0.2, -0.15) is 0 Å². The van der Waals surface area contributed by atoms with Gasteiger partial charge in [0.05, 0.1) is 5.92 Å². The van der Waals surface area contributed by atoms with Gasteiger partial charge in [0.1, 0.15) is 0 Å². The summed E-state index contributed by atoms with van der Waals surface area (Å²) in [7, 11) is 0. The lowest BCUT2D eigenvalue weighted by Crippen LogP contribution is -2.33. The summed E-state index contributed by atoms with van der Waals surface area (Å²) >= 11 is 0. The van der Waals surface area contributed by atoms with E-state index in [9.17, 15) is 14.4 Å². The highest BCUT2D eigenvalue weighted by Gasteiger charge is 2.30. The van der Waals surface area contributed by atoms with Crippen LogP contribution in [0.25, 0.3) is 0 Å². The van der Waals surface area contributed by atoms with Crippen LogP contribution < -0.4 is 10.6 Å². The molecule has 0 bridgehead atoms. The normalized spacial score (nSPS) is 23.3. The molecule has 2 atom stereocenters. The van der Waals surface area contributed by atoms with E-state index < -0.39 is 5.97 Å². The van der Waals surface area contributed by atoms with Gasteiger partial charge < -0.3 is 15.7 Å². The number of rotatable bonds is 5. The highest BCUT2D eigenvalue weighted by molar-refractivity contribution is 5.98. The third-order valence-corrected chi connectivity index (χ3v) is 4.44. The van der Waals surface area contributed by atoms with Gasteiger partial charge in [0.2, 0.25) is 0 Å². The number of carboxylic acids is 1. The zero-order chi connectivity index (χ0) is 16.4. The van der Waals surface area contributed by atoms with E-state index in [-0.39, 0.29) is 23.8 Å². The van der Waals surface area contributed by atoms with Crippen LogP contribution in [0.4, 0.5) is 0 Å². The van der Waals surface area contributed by atoms with Crippen molar-refractivity contribution in [2.75, 3.05) is 0 Å². The van der Waals surface area contributed by atoms with Crippen LogP contribution in [0.5, 0.6) is 0 Å². The van der Waals surface area contributed by atoms with E-state index >= 15 is 0 Å². The number of aliphatic carboxylic acids is 1. The van der Waals surface area contributed by atoms with Gasteiger partial charge >= 0.3 is 5.97 Å². The number of amides is 2. The summed E-state index contributed by atoms with van der Waals surface area (Å²) in [4.78, 5) is 35.0. The molecular weight excluding hydrogens is 296 g/mol. The minimum absolute atomic E-state index is 0.0959. The fourth-order valence-electron chi connectivity index (χ4n) is 2.88. The summed E-state index contributed by atoms with van der Waals surface area (Å²) in [5.74, 6) is -1.50. The Hall–Kier alpha value is -2.37. The topological polar surface area (TPSA) is 95.5 Å². The van der Waals surface area contributed by atoms with Crippen molar-refractivity contribution in [3.8, 4) is 0 Å². The molecule has 0 saturated heterocycles. The van der Waals surface area contributed by atoms with Crippen molar-refractivity contribution in [2.24, 2.45) is 5.92 Å². The van der Waals surface area contributed by atoms with Gasteiger partial charge in [0, 0.05) is 23.2 Å². The van der Waals surface area contributed by atoms with Crippen molar-refractivity contribution in [3.63, 3.8) is 0 Å². The molecule has 2 aliphatic carbocycles. The van der Waals surface area contributed by atoms with Crippen LogP contribution in [0.3, 0.4) is 0 Å². The molecule has 2 saturated carbocycles. The van der Waals surface area contributed by atoms with Crippen LogP contribution >= 0.6 is 0 Å². The Morgan fingerprint density at radius 1 is 0.826 bits per heavy atom. The molecule has 0 unspecified atom stereocenters. The maximum atomic E-state index is 12.2. The molecule has 0 heterocycles. The predicted octanol–water partition coefficient (Wildman–Crippen LogP) is 1.56. The van der Waals surface area contributed by atoms with E-state index in [0.717, 1.165) is 12.8 Å². The number of carbonyl (C=O) groups is 3. The monoisotopic (exact) mass is 316 g/mol. The van der Waals surface area contributed by atoms with E-state index in [2.05, 4.69) is 10.6 Å². The summed E-state index contributed by atoms with van der Waals surface area (Å²) in [6, 6.07) is 6.74. The number of carbonyl (C=O) groups excluding carboxylic acids is 2. The maximum Gasteiger partial charge on any atom is 0.306 e. The van der Waals surface area contributed by atoms with E-state index in [0.29, 0.717) is 36.4 Å². The van der Waals surface area contributed by atoms with Gasteiger partial charge in [-0.25, -0.2) is 0 Å². The molecule has 0 aliphatic heterocycles. The van der Waals surface area contributed by atoms with Crippen LogP contribution in [0, 0.1) is 5.92 Å². The molecule has 3 rings (SSSR count). The zero-order valence-electron chi connectivity index (χ0n) is 12.7. The molecule has 2 aliphatic rings. The summed E-state index contributed by atoms with van der Waals surface area (Å²) in [5.41, 5.74) is 1.02. The second-order valence-corrected chi connectivity index (χ2v) is 6.34. The first-order valence-electron chi connectivity index (χ1n) is 7.97. The fraction of sp³-hybridized carbons (Fsp3) is 0.471. The molecule has 0 radical (unpaired) electrons. The Kier molecular flexibility index (Phi) is 4.32. The summed E-state index contributed by atoms with van der Waals surface area (Å²) in [6.45, 7) is 0. The molecule has 0 spiro atoms. The average Bonchev–Trinajstić information content (AvgIpc) is 3.22. The van der Waals surface area contributed by atoms with Crippen molar-refractivity contribution < 1.29 is 19.5 Å². The van der Waals surface area contributed by atoms with Crippen LogP contribution in [0.15, 0.2) is 24.3 Å². The number of carboxylic acid groups (broad SMARTS) is 1. The first-order valence-corrected chi connectivity index (χ1v) is 7.97. The maximum absolute atomic E-state index is 12.2. The van der Waals surface area contributed by atoms with Crippen molar-refractivity contribution in [1.29, 1.82) is 0 Å². The van der Waals surface area contributed by atoms with E-state index in [1.807, 2.05) is 0 Å². The van der Waals surface area contributed by atoms with Crippen LogP contribution in [0.1, 0.15) is 52.8 Å². The predicted molar refractivity (Wildman–Crippen MR) is 83.2 cm³/mol. The summed E-state index contributed by atoms with van der Waals surface area (Å²) in [6.07, 6.45) is 3.82. The molecule has 122 valence electrons. The van der Waals surface area contributed by atoms with Gasteiger partial charge in [0.15, 0.2) is 0 Å². The van der Waals surface area contributed by atoms with Crippen LogP contribution in [0.2, 0.25) is 0 Å². The lowest BCUT2D eigenvalue weighted by Gasteiger charge is -2.12. The first-order chi connectivity index (χ1) is 11.0. The van der Waals surface area contributed by atoms with Gasteiger partial charge in [-0.15, -0.1) is 0 Å². The van der Waals surface area contributed by atoms with E-state index in [1.165, 1.54) is 0 Å². The Bertz CT molecular complexity index is 622. The minimum Gasteiger partial charge on any atom is -0.481 e. The molecule has 2 amide bonds. The number of hydrogen-bond acceptors (Lipinski definition) is 3. The number of nitrogens with one attached hydrogen (secondary N) is 2. The third-order valence-electron chi connectivity index (χ3n) is 4.44. The Morgan fingerprint density at radius 3 is 1.74 bits per heavy atom. The fourth-order valence-corrected chi connectivity index (χ4v) is 2.88. The molecule has 1 aromatic carbocycles. The summed E-state index contributed by atoms with van der Waals surface area (Å²) in [5, 5.41) is 14.7. The number of hydrogen-bond donors (Lipinski definition) is 3. The molecule has 3 N–H and O–H groups in total. The first kappa shape index (κ1) is 15.5. The lowest BCUT2D eigenvalue weighted by atomic mass is 10.1. The minimum atomic E-state index is -0.798. The third kappa shape index (κ3) is 3.88. The van der Waals surface area contributed by atoms with E-state index in [4.69, 9.17) is 5.11 Å². The molecule has 2 fully saturated rings. The zero-order valence-corrected chi connectivity index (χ0v) is 12.7. The van der Waals surface area contributed by atoms with Crippen LogP contribution in [-0.4, -0.2) is 35.0 Å². The highest BCUT2D eigenvalue weighted by Crippen LogP contribution is 2.26. The van der Waals surface area contributed by atoms with Gasteiger partial charge in [-0.1, -0.05) is 0 Å². The van der Waals surface area contributed by atoms with Gasteiger partial charge in [-0.3, -0.25) is 14.4 Å². The SMILES string of the molecule is O=C(NC1CC1)c1ccc(C(=O)N[C@@H]2CC[C@H](C(=O)O)C2)cc1. The van der Waals surface area contributed by atoms with E-state index in [1.54, 1.807) is 24.3 Å². The van der Waals surface area contributed by atoms with Crippen molar-refractivity contribution >= 4 is 17.8 Å². The molecule has 6 heteroatoms. The largest absolute Gasteiger partial charge is 0.481 e. The smallest absolute Gasteiger partial charge is 0.306 e. The highest BCUT2D eigenvalue weighted by atomic mass is 16.4. The van der Waals surface area contributed by atoms with Gasteiger partial charge in [-0.05, 0) is 56.4 Å². The summed E-state index contributed by atoms with van der Waals surface area (Å²) < 4.78 is 0. The molecule has 1 aromatic rings. The second kappa shape index (κ2) is 6.40. The van der Waals surface area contributed by atoms with Crippen molar-refractivity contribution in [3.05, 3.63) is 35.4 Å². The number of benzene rings is 1. The Labute approximate surface area is 134 Å². The molecule has 6 nitrogen and oxygen atoms in total. The second-order valence-electron chi connectivity index (χ2n) is 6.34. The quantitative estimate of drug-likeness (QED) is 0.768. The van der Waals surface area contributed by atoms with Crippen molar-refractivity contribution in [1.82, 2.24) is 10.6 Å². The Balaban J connectivity index is 1.55. The van der Waals surface area contributed by atoms with Crippen LogP contribution in [-0.2, 0) is 4.79 Å². The Morgan fingerprint density at radius 2 is 1.30 bits per heavy atom. The lowest BCUT2D eigenvalue weighted by molar-refractivity contribution is -0.141. The molecule has 0 aromatic heterocycles. The van der Waals surface area contributed by atoms with Crippen molar-refractivity contribution in [2.45, 2.75) is 44.2 Å². The molecular formula is C17H20N2O4.